The maximum atomic E-state index is 5.44. The minimum atomic E-state index is 0.619. The van der Waals surface area contributed by atoms with Gasteiger partial charge in [0.05, 0.1) is 0 Å². The summed E-state index contributed by atoms with van der Waals surface area (Å²) >= 11 is 0. The molecule has 1 unspecified atom stereocenters. The number of rotatable bonds is 6. The second kappa shape index (κ2) is 5.50. The van der Waals surface area contributed by atoms with Gasteiger partial charge in [0, 0.05) is 19.3 Å². The van der Waals surface area contributed by atoms with Gasteiger partial charge in [-0.1, -0.05) is 13.8 Å². The molecule has 0 aromatic carbocycles. The van der Waals surface area contributed by atoms with Crippen molar-refractivity contribution in [1.82, 2.24) is 5.32 Å². The van der Waals surface area contributed by atoms with Gasteiger partial charge in [-0.25, -0.2) is 0 Å². The third kappa shape index (κ3) is 3.21. The van der Waals surface area contributed by atoms with Crippen LogP contribution in [0.5, 0.6) is 0 Å². The maximum Gasteiger partial charge on any atom is 0.0468 e. The van der Waals surface area contributed by atoms with E-state index in [0.717, 1.165) is 25.2 Å². The van der Waals surface area contributed by atoms with Crippen LogP contribution in [0, 0.1) is 11.3 Å². The number of nitrogens with one attached hydrogen (secondary N) is 1. The summed E-state index contributed by atoms with van der Waals surface area (Å²) in [5, 5.41) is 3.78. The third-order valence-electron chi connectivity index (χ3n) is 4.43. The van der Waals surface area contributed by atoms with Crippen molar-refractivity contribution in [2.75, 3.05) is 19.8 Å². The van der Waals surface area contributed by atoms with Crippen molar-refractivity contribution in [3.05, 3.63) is 0 Å². The fourth-order valence-electron chi connectivity index (χ4n) is 2.79. The van der Waals surface area contributed by atoms with E-state index in [9.17, 15) is 0 Å². The van der Waals surface area contributed by atoms with Gasteiger partial charge in [0.2, 0.25) is 0 Å². The van der Waals surface area contributed by atoms with Gasteiger partial charge in [0.25, 0.3) is 0 Å². The normalized spacial score (nSPS) is 26.6. The van der Waals surface area contributed by atoms with E-state index in [1.54, 1.807) is 0 Å². The first-order valence-corrected chi connectivity index (χ1v) is 7.06. The molecule has 1 heterocycles. The molecule has 0 aromatic heterocycles. The van der Waals surface area contributed by atoms with E-state index >= 15 is 0 Å². The molecule has 2 aliphatic rings. The topological polar surface area (TPSA) is 21.3 Å². The fourth-order valence-corrected chi connectivity index (χ4v) is 2.79. The lowest BCUT2D eigenvalue weighted by Gasteiger charge is -2.31. The van der Waals surface area contributed by atoms with Crippen molar-refractivity contribution in [2.45, 2.75) is 58.4 Å². The van der Waals surface area contributed by atoms with E-state index < -0.39 is 0 Å². The van der Waals surface area contributed by atoms with Crippen LogP contribution < -0.4 is 5.32 Å². The van der Waals surface area contributed by atoms with Gasteiger partial charge in [-0.2, -0.15) is 0 Å². The molecule has 2 fully saturated rings. The monoisotopic (exact) mass is 225 g/mol. The van der Waals surface area contributed by atoms with Gasteiger partial charge in [0.15, 0.2) is 0 Å². The quantitative estimate of drug-likeness (QED) is 0.750. The van der Waals surface area contributed by atoms with Crippen LogP contribution >= 0.6 is 0 Å². The molecule has 94 valence electrons. The highest BCUT2D eigenvalue weighted by Crippen LogP contribution is 2.50. The SMILES string of the molecule is CCCNC(CC1CCOCC1)C1(C)CC1. The van der Waals surface area contributed by atoms with Crippen LogP contribution in [0.15, 0.2) is 0 Å². The second-order valence-electron chi connectivity index (χ2n) is 5.95. The van der Waals surface area contributed by atoms with Gasteiger partial charge in [0.1, 0.15) is 0 Å². The summed E-state index contributed by atoms with van der Waals surface area (Å²) in [6, 6.07) is 0.760. The summed E-state index contributed by atoms with van der Waals surface area (Å²) in [4.78, 5) is 0. The van der Waals surface area contributed by atoms with E-state index in [1.165, 1.54) is 45.1 Å². The standard InChI is InChI=1S/C14H27NO/c1-3-8-15-13(14(2)6-7-14)11-12-4-9-16-10-5-12/h12-13,15H,3-11H2,1-2H3. The van der Waals surface area contributed by atoms with Crippen molar-refractivity contribution in [1.29, 1.82) is 0 Å². The Morgan fingerprint density at radius 1 is 1.31 bits per heavy atom. The Morgan fingerprint density at radius 2 is 2.00 bits per heavy atom. The molecule has 0 radical (unpaired) electrons. The molecule has 2 nitrogen and oxygen atoms in total. The van der Waals surface area contributed by atoms with Gasteiger partial charge in [-0.15, -0.1) is 0 Å². The smallest absolute Gasteiger partial charge is 0.0468 e. The third-order valence-corrected chi connectivity index (χ3v) is 4.43. The van der Waals surface area contributed by atoms with Crippen molar-refractivity contribution in [3.63, 3.8) is 0 Å². The van der Waals surface area contributed by atoms with Gasteiger partial charge < -0.3 is 10.1 Å². The van der Waals surface area contributed by atoms with Crippen molar-refractivity contribution >= 4 is 0 Å². The van der Waals surface area contributed by atoms with Crippen LogP contribution in [0.1, 0.15) is 52.4 Å². The minimum absolute atomic E-state index is 0.619. The molecule has 0 aromatic rings. The predicted octanol–water partition coefficient (Wildman–Crippen LogP) is 2.97. The first kappa shape index (κ1) is 12.4. The van der Waals surface area contributed by atoms with Gasteiger partial charge >= 0.3 is 0 Å². The molecule has 2 rings (SSSR count). The molecule has 2 heteroatoms. The zero-order valence-corrected chi connectivity index (χ0v) is 10.9. The summed E-state index contributed by atoms with van der Waals surface area (Å²) in [6.45, 7) is 7.88. The molecule has 1 saturated heterocycles. The van der Waals surface area contributed by atoms with Crippen LogP contribution in [0.25, 0.3) is 0 Å². The first-order chi connectivity index (χ1) is 7.74. The predicted molar refractivity (Wildman–Crippen MR) is 67.6 cm³/mol. The Bertz CT molecular complexity index is 207. The Labute approximate surface area is 100 Å². The average Bonchev–Trinajstić information content (AvgIpc) is 3.05. The number of ether oxygens (including phenoxy) is 1. The minimum Gasteiger partial charge on any atom is -0.381 e. The molecular formula is C14H27NO. The summed E-state index contributed by atoms with van der Waals surface area (Å²) in [5.41, 5.74) is 0.619. The van der Waals surface area contributed by atoms with Crippen LogP contribution in [0.2, 0.25) is 0 Å². The molecule has 0 amide bonds. The number of hydrogen-bond acceptors (Lipinski definition) is 2. The van der Waals surface area contributed by atoms with Crippen molar-refractivity contribution in [3.8, 4) is 0 Å². The summed E-state index contributed by atoms with van der Waals surface area (Å²) in [6.07, 6.45) is 8.04. The van der Waals surface area contributed by atoms with E-state index in [-0.39, 0.29) is 0 Å². The molecule has 0 bridgehead atoms. The lowest BCUT2D eigenvalue weighted by atomic mass is 9.85. The Balaban J connectivity index is 1.81. The largest absolute Gasteiger partial charge is 0.381 e. The van der Waals surface area contributed by atoms with E-state index in [1.807, 2.05) is 0 Å². The lowest BCUT2D eigenvalue weighted by Crippen LogP contribution is -2.39. The molecule has 1 atom stereocenters. The fraction of sp³-hybridized carbons (Fsp3) is 1.00. The van der Waals surface area contributed by atoms with E-state index in [4.69, 9.17) is 4.74 Å². The van der Waals surface area contributed by atoms with E-state index in [2.05, 4.69) is 19.2 Å². The molecular weight excluding hydrogens is 198 g/mol. The number of hydrogen-bond donors (Lipinski definition) is 1. The first-order valence-electron chi connectivity index (χ1n) is 7.06. The highest BCUT2D eigenvalue weighted by molar-refractivity contribution is 4.99. The summed E-state index contributed by atoms with van der Waals surface area (Å²) < 4.78 is 5.44. The highest BCUT2D eigenvalue weighted by atomic mass is 16.5. The lowest BCUT2D eigenvalue weighted by molar-refractivity contribution is 0.0574. The zero-order valence-electron chi connectivity index (χ0n) is 10.9. The molecule has 16 heavy (non-hydrogen) atoms. The molecule has 1 saturated carbocycles. The molecule has 0 spiro atoms. The maximum absolute atomic E-state index is 5.44. The van der Waals surface area contributed by atoms with Crippen molar-refractivity contribution in [2.24, 2.45) is 11.3 Å². The molecule has 1 N–H and O–H groups in total. The summed E-state index contributed by atoms with van der Waals surface area (Å²) in [7, 11) is 0. The van der Waals surface area contributed by atoms with Crippen molar-refractivity contribution < 1.29 is 4.74 Å². The van der Waals surface area contributed by atoms with Gasteiger partial charge in [-0.3, -0.25) is 0 Å². The van der Waals surface area contributed by atoms with Gasteiger partial charge in [-0.05, 0) is 56.4 Å². The highest BCUT2D eigenvalue weighted by Gasteiger charge is 2.44. The second-order valence-corrected chi connectivity index (χ2v) is 5.95. The van der Waals surface area contributed by atoms with Crippen LogP contribution in [-0.4, -0.2) is 25.8 Å². The zero-order chi connectivity index (χ0) is 11.4. The van der Waals surface area contributed by atoms with E-state index in [0.29, 0.717) is 5.41 Å². The van der Waals surface area contributed by atoms with Crippen LogP contribution in [0.3, 0.4) is 0 Å². The Hall–Kier alpha value is -0.0800. The Kier molecular flexibility index (Phi) is 4.26. The van der Waals surface area contributed by atoms with Crippen LogP contribution in [0.4, 0.5) is 0 Å². The molecule has 1 aliphatic heterocycles. The average molecular weight is 225 g/mol. The van der Waals surface area contributed by atoms with Crippen LogP contribution in [-0.2, 0) is 4.74 Å². The summed E-state index contributed by atoms with van der Waals surface area (Å²) in [5.74, 6) is 0.903. The molecule has 1 aliphatic carbocycles. The Morgan fingerprint density at radius 3 is 2.56 bits per heavy atom.